The number of benzene rings is 2. The predicted molar refractivity (Wildman–Crippen MR) is 132 cm³/mol. The number of esters is 1. The van der Waals surface area contributed by atoms with Crippen molar-refractivity contribution >= 4 is 13.2 Å². The molecule has 1 unspecified atom stereocenters. The molecule has 1 radical (unpaired) electrons. The maximum Gasteiger partial charge on any atom is 0.312 e. The van der Waals surface area contributed by atoms with Gasteiger partial charge in [0.05, 0.1) is 5.41 Å². The van der Waals surface area contributed by atoms with Gasteiger partial charge >= 0.3 is 5.97 Å². The second-order valence-electron chi connectivity index (χ2n) is 9.45. The van der Waals surface area contributed by atoms with Crippen molar-refractivity contribution in [3.8, 4) is 0 Å². The van der Waals surface area contributed by atoms with Crippen LogP contribution in [0.15, 0.2) is 85.2 Å². The summed E-state index contributed by atoms with van der Waals surface area (Å²) in [6, 6.07) is 24.0. The Bertz CT molecular complexity index is 966. The highest BCUT2D eigenvalue weighted by molar-refractivity contribution is 6.40. The highest BCUT2D eigenvalue weighted by atomic mass is 16.6. The van der Waals surface area contributed by atoms with Crippen molar-refractivity contribution < 1.29 is 9.53 Å². The van der Waals surface area contributed by atoms with E-state index in [0.717, 1.165) is 17.5 Å². The van der Waals surface area contributed by atoms with E-state index in [1.54, 1.807) is 0 Å². The summed E-state index contributed by atoms with van der Waals surface area (Å²) in [5.74, 6) is -0.211. The van der Waals surface area contributed by atoms with Gasteiger partial charge in [-0.2, -0.15) is 0 Å². The average Bonchev–Trinajstić information content (AvgIpc) is 2.84. The zero-order valence-electron chi connectivity index (χ0n) is 19.8. The van der Waals surface area contributed by atoms with Crippen LogP contribution >= 0.6 is 0 Å². The molecule has 165 valence electrons. The van der Waals surface area contributed by atoms with Crippen LogP contribution in [-0.2, 0) is 20.4 Å². The molecule has 3 rings (SSSR count). The van der Waals surface area contributed by atoms with Crippen molar-refractivity contribution in [2.24, 2.45) is 5.41 Å². The third kappa shape index (κ3) is 5.12. The first-order valence-corrected chi connectivity index (χ1v) is 11.3. The molecule has 0 fully saturated rings. The molecule has 0 N–H and O–H groups in total. The molecule has 0 bridgehead atoms. The summed E-state index contributed by atoms with van der Waals surface area (Å²) in [5.41, 5.74) is 1.58. The van der Waals surface area contributed by atoms with Crippen LogP contribution in [0.3, 0.4) is 0 Å². The molecule has 3 aromatic rings. The minimum absolute atomic E-state index is 0.136. The summed E-state index contributed by atoms with van der Waals surface area (Å²) in [6.07, 6.45) is 5.19. The van der Waals surface area contributed by atoms with Crippen molar-refractivity contribution in [2.45, 2.75) is 58.3 Å². The van der Waals surface area contributed by atoms with E-state index in [0.29, 0.717) is 6.32 Å². The van der Waals surface area contributed by atoms with Gasteiger partial charge in [0.25, 0.3) is 0 Å². The predicted octanol–water partition coefficient (Wildman–Crippen LogP) is 6.36. The average molecular weight is 426 g/mol. The lowest BCUT2D eigenvalue weighted by atomic mass is 9.44. The number of ether oxygens (including phenoxy) is 1. The Morgan fingerprint density at radius 3 is 1.78 bits per heavy atom. The molecule has 1 aromatic heterocycles. The molecule has 0 aliphatic heterocycles. The summed E-state index contributed by atoms with van der Waals surface area (Å²) < 4.78 is 6.31. The van der Waals surface area contributed by atoms with Crippen molar-refractivity contribution in [2.75, 3.05) is 0 Å². The van der Waals surface area contributed by atoms with Gasteiger partial charge in [-0.1, -0.05) is 101 Å². The quantitative estimate of drug-likeness (QED) is 0.295. The van der Waals surface area contributed by atoms with E-state index in [1.807, 2.05) is 106 Å². The summed E-state index contributed by atoms with van der Waals surface area (Å²) in [7, 11) is 2.26. The van der Waals surface area contributed by atoms with Crippen LogP contribution in [0.5, 0.6) is 0 Å². The Labute approximate surface area is 193 Å². The number of carbonyl (C=O) groups excluding carboxylic acids is 1. The van der Waals surface area contributed by atoms with Gasteiger partial charge < -0.3 is 4.74 Å². The Hall–Kier alpha value is -2.88. The maximum atomic E-state index is 13.5. The first-order chi connectivity index (χ1) is 15.2. The van der Waals surface area contributed by atoms with Crippen molar-refractivity contribution in [1.29, 1.82) is 0 Å². The van der Waals surface area contributed by atoms with E-state index in [4.69, 9.17) is 4.74 Å². The molecule has 0 aliphatic rings. The molecule has 1 atom stereocenters. The van der Waals surface area contributed by atoms with E-state index in [1.165, 1.54) is 5.56 Å². The van der Waals surface area contributed by atoms with Crippen LogP contribution in [-0.4, -0.2) is 18.2 Å². The molecule has 0 saturated heterocycles. The van der Waals surface area contributed by atoms with Crippen LogP contribution in [0.2, 0.25) is 6.32 Å². The largest absolute Gasteiger partial charge is 0.449 e. The molecule has 32 heavy (non-hydrogen) atoms. The highest BCUT2D eigenvalue weighted by Gasteiger charge is 2.40. The van der Waals surface area contributed by atoms with Crippen LogP contribution in [0.1, 0.15) is 57.7 Å². The van der Waals surface area contributed by atoms with Crippen molar-refractivity contribution in [1.82, 2.24) is 4.98 Å². The second kappa shape index (κ2) is 9.73. The first-order valence-electron chi connectivity index (χ1n) is 11.3. The van der Waals surface area contributed by atoms with Gasteiger partial charge in [-0.05, 0) is 41.1 Å². The summed E-state index contributed by atoms with van der Waals surface area (Å²) in [4.78, 5) is 17.7. The van der Waals surface area contributed by atoms with E-state index in [-0.39, 0.29) is 11.3 Å². The second-order valence-corrected chi connectivity index (χ2v) is 9.45. The molecule has 1 heterocycles. The van der Waals surface area contributed by atoms with Crippen molar-refractivity contribution in [3.63, 3.8) is 0 Å². The number of nitrogens with zero attached hydrogens (tertiary/aromatic N) is 1. The number of carbonyl (C=O) groups is 1. The minimum Gasteiger partial charge on any atom is -0.449 e. The Kier molecular flexibility index (Phi) is 7.23. The molecule has 0 aliphatic carbocycles. The molecule has 0 saturated carbocycles. The minimum atomic E-state index is -0.865. The number of pyridine rings is 1. The fourth-order valence-corrected chi connectivity index (χ4v) is 3.88. The summed E-state index contributed by atoms with van der Waals surface area (Å²) in [6.45, 7) is 10.3. The third-order valence-corrected chi connectivity index (χ3v) is 6.64. The van der Waals surface area contributed by atoms with Crippen LogP contribution in [0, 0.1) is 5.41 Å². The van der Waals surface area contributed by atoms with E-state index < -0.39 is 11.0 Å². The van der Waals surface area contributed by atoms with Gasteiger partial charge in [-0.3, -0.25) is 9.78 Å². The highest BCUT2D eigenvalue weighted by Crippen LogP contribution is 2.38. The van der Waals surface area contributed by atoms with Gasteiger partial charge in [0.15, 0.2) is 5.60 Å². The SMILES string of the molecule is CCC(C)([B]CC(C)(C)C(=O)OC(C)(c1ccccc1)c1ccccc1)c1ccncc1. The van der Waals surface area contributed by atoms with E-state index in [9.17, 15) is 4.79 Å². The van der Waals surface area contributed by atoms with Crippen LogP contribution in [0.25, 0.3) is 0 Å². The molecular weight excluding hydrogens is 393 g/mol. The van der Waals surface area contributed by atoms with Gasteiger partial charge in [0, 0.05) is 12.4 Å². The smallest absolute Gasteiger partial charge is 0.312 e. The third-order valence-electron chi connectivity index (χ3n) is 6.64. The molecule has 0 spiro atoms. The lowest BCUT2D eigenvalue weighted by molar-refractivity contribution is -0.165. The number of hydrogen-bond donors (Lipinski definition) is 0. The molecule has 3 nitrogen and oxygen atoms in total. The zero-order valence-corrected chi connectivity index (χ0v) is 19.8. The number of hydrogen-bond acceptors (Lipinski definition) is 3. The van der Waals surface area contributed by atoms with Gasteiger partial charge in [-0.15, -0.1) is 0 Å². The number of aromatic nitrogens is 1. The first kappa shape index (κ1) is 23.8. The zero-order chi connectivity index (χ0) is 23.2. The topological polar surface area (TPSA) is 39.2 Å². The Morgan fingerprint density at radius 2 is 1.31 bits per heavy atom. The van der Waals surface area contributed by atoms with Gasteiger partial charge in [0.2, 0.25) is 0 Å². The molecule has 0 amide bonds. The maximum absolute atomic E-state index is 13.5. The Morgan fingerprint density at radius 1 is 0.812 bits per heavy atom. The van der Waals surface area contributed by atoms with E-state index >= 15 is 0 Å². The fourth-order valence-electron chi connectivity index (χ4n) is 3.88. The fraction of sp³-hybridized carbons (Fsp3) is 0.357. The van der Waals surface area contributed by atoms with E-state index in [2.05, 4.69) is 26.1 Å². The molecule has 4 heteroatoms. The standard InChI is InChI=1S/C28H33BNO2/c1-6-27(4,22-17-19-30-20-18-22)29-21-26(2,3)25(31)32-28(5,23-13-9-7-10-14-23)24-15-11-8-12-16-24/h7-20H,6,21H2,1-5H3. The van der Waals surface area contributed by atoms with Crippen LogP contribution in [0.4, 0.5) is 0 Å². The Balaban J connectivity index is 1.83. The lowest BCUT2D eigenvalue weighted by Crippen LogP contribution is -2.39. The van der Waals surface area contributed by atoms with Crippen LogP contribution < -0.4 is 0 Å². The van der Waals surface area contributed by atoms with Crippen molar-refractivity contribution in [3.05, 3.63) is 102 Å². The monoisotopic (exact) mass is 426 g/mol. The summed E-state index contributed by atoms with van der Waals surface area (Å²) in [5, 5.41) is -0.136. The van der Waals surface area contributed by atoms with Gasteiger partial charge in [-0.25, -0.2) is 0 Å². The molecule has 2 aromatic carbocycles. The normalized spacial score (nSPS) is 13.8. The lowest BCUT2D eigenvalue weighted by Gasteiger charge is -2.36. The van der Waals surface area contributed by atoms with Gasteiger partial charge in [0.1, 0.15) is 7.28 Å². The molecular formula is C28H33BNO2. The number of rotatable bonds is 9. The summed E-state index contributed by atoms with van der Waals surface area (Å²) >= 11 is 0.